The van der Waals surface area contributed by atoms with E-state index in [1.54, 1.807) is 12.1 Å². The first-order valence-electron chi connectivity index (χ1n) is 8.64. The fourth-order valence-electron chi connectivity index (χ4n) is 3.03. The van der Waals surface area contributed by atoms with Crippen molar-refractivity contribution < 1.29 is 9.53 Å². The van der Waals surface area contributed by atoms with Crippen molar-refractivity contribution in [2.45, 2.75) is 13.1 Å². The van der Waals surface area contributed by atoms with Gasteiger partial charge in [0.2, 0.25) is 0 Å². The summed E-state index contributed by atoms with van der Waals surface area (Å²) in [6.07, 6.45) is 1.83. The van der Waals surface area contributed by atoms with E-state index in [0.717, 1.165) is 50.5 Å². The van der Waals surface area contributed by atoms with Crippen LogP contribution in [-0.2, 0) is 17.9 Å². The normalized spacial score (nSPS) is 15.7. The van der Waals surface area contributed by atoms with Crippen molar-refractivity contribution in [2.75, 3.05) is 32.8 Å². The first kappa shape index (κ1) is 18.6. The molecule has 26 heavy (non-hydrogen) atoms. The fraction of sp³-hybridized carbons (Fsp3) is 0.368. The SMILES string of the molecule is NC(=O)COc1ccc(Cl)cc1CN1CCN(Cc2ccccn2)CC1. The zero-order chi connectivity index (χ0) is 18.4. The Hall–Kier alpha value is -2.15. The number of piperazine rings is 1. The number of carbonyl (C=O) groups is 1. The number of nitrogens with two attached hydrogens (primary N) is 1. The maximum absolute atomic E-state index is 11.0. The molecule has 1 aromatic carbocycles. The molecule has 0 radical (unpaired) electrons. The molecule has 0 saturated carbocycles. The van der Waals surface area contributed by atoms with Gasteiger partial charge in [-0.05, 0) is 30.3 Å². The van der Waals surface area contributed by atoms with Crippen molar-refractivity contribution >= 4 is 17.5 Å². The van der Waals surface area contributed by atoms with Crippen LogP contribution in [0.4, 0.5) is 0 Å². The van der Waals surface area contributed by atoms with Gasteiger partial charge in [0.1, 0.15) is 5.75 Å². The lowest BCUT2D eigenvalue weighted by molar-refractivity contribution is -0.119. The quantitative estimate of drug-likeness (QED) is 0.801. The molecule has 138 valence electrons. The van der Waals surface area contributed by atoms with Crippen molar-refractivity contribution in [3.8, 4) is 5.75 Å². The average molecular weight is 375 g/mol. The summed E-state index contributed by atoms with van der Waals surface area (Å²) in [6, 6.07) is 11.4. The Kier molecular flexibility index (Phi) is 6.44. The Balaban J connectivity index is 1.55. The number of benzene rings is 1. The molecule has 2 heterocycles. The average Bonchev–Trinajstić information content (AvgIpc) is 2.63. The summed E-state index contributed by atoms with van der Waals surface area (Å²) in [5.41, 5.74) is 7.24. The third-order valence-corrected chi connectivity index (χ3v) is 4.60. The van der Waals surface area contributed by atoms with E-state index < -0.39 is 5.91 Å². The van der Waals surface area contributed by atoms with Crippen LogP contribution in [0.5, 0.6) is 5.75 Å². The van der Waals surface area contributed by atoms with Gasteiger partial charge < -0.3 is 10.5 Å². The highest BCUT2D eigenvalue weighted by atomic mass is 35.5. The first-order valence-corrected chi connectivity index (χ1v) is 9.02. The topological polar surface area (TPSA) is 71.7 Å². The second kappa shape index (κ2) is 8.98. The zero-order valence-corrected chi connectivity index (χ0v) is 15.4. The fourth-order valence-corrected chi connectivity index (χ4v) is 3.22. The van der Waals surface area contributed by atoms with E-state index in [4.69, 9.17) is 22.1 Å². The summed E-state index contributed by atoms with van der Waals surface area (Å²) in [5.74, 6) is 0.165. The second-order valence-electron chi connectivity index (χ2n) is 6.38. The molecule has 1 saturated heterocycles. The van der Waals surface area contributed by atoms with Crippen molar-refractivity contribution in [3.05, 3.63) is 58.9 Å². The Morgan fingerprint density at radius 3 is 2.50 bits per heavy atom. The minimum Gasteiger partial charge on any atom is -0.483 e. The Bertz CT molecular complexity index is 734. The van der Waals surface area contributed by atoms with Crippen LogP contribution in [0.1, 0.15) is 11.3 Å². The minimum atomic E-state index is -0.492. The molecule has 1 aliphatic heterocycles. The van der Waals surface area contributed by atoms with Gasteiger partial charge in [0, 0.05) is 56.1 Å². The molecule has 2 aromatic rings. The van der Waals surface area contributed by atoms with Crippen molar-refractivity contribution in [1.82, 2.24) is 14.8 Å². The lowest BCUT2D eigenvalue weighted by Crippen LogP contribution is -2.45. The lowest BCUT2D eigenvalue weighted by Gasteiger charge is -2.34. The second-order valence-corrected chi connectivity index (χ2v) is 6.82. The number of hydrogen-bond donors (Lipinski definition) is 1. The van der Waals surface area contributed by atoms with Crippen molar-refractivity contribution in [1.29, 1.82) is 0 Å². The molecule has 1 fully saturated rings. The number of ether oxygens (including phenoxy) is 1. The van der Waals surface area contributed by atoms with Gasteiger partial charge in [-0.2, -0.15) is 0 Å². The number of primary amides is 1. The van der Waals surface area contributed by atoms with E-state index in [2.05, 4.69) is 20.9 Å². The van der Waals surface area contributed by atoms with Crippen LogP contribution in [0, 0.1) is 0 Å². The number of rotatable bonds is 7. The largest absolute Gasteiger partial charge is 0.483 e. The maximum Gasteiger partial charge on any atom is 0.255 e. The molecule has 0 bridgehead atoms. The van der Waals surface area contributed by atoms with Crippen LogP contribution in [0.3, 0.4) is 0 Å². The molecule has 1 aromatic heterocycles. The summed E-state index contributed by atoms with van der Waals surface area (Å²) < 4.78 is 5.52. The van der Waals surface area contributed by atoms with Crippen LogP contribution < -0.4 is 10.5 Å². The number of aromatic nitrogens is 1. The molecule has 0 aliphatic carbocycles. The summed E-state index contributed by atoms with van der Waals surface area (Å²) >= 11 is 6.13. The van der Waals surface area contributed by atoms with E-state index in [1.165, 1.54) is 0 Å². The number of halogens is 1. The molecule has 1 aliphatic rings. The van der Waals surface area contributed by atoms with E-state index in [1.807, 2.05) is 24.4 Å². The van der Waals surface area contributed by atoms with Crippen LogP contribution in [-0.4, -0.2) is 53.5 Å². The molecule has 2 N–H and O–H groups in total. The molecule has 1 amide bonds. The van der Waals surface area contributed by atoms with Gasteiger partial charge in [0.15, 0.2) is 6.61 Å². The monoisotopic (exact) mass is 374 g/mol. The van der Waals surface area contributed by atoms with Gasteiger partial charge >= 0.3 is 0 Å². The smallest absolute Gasteiger partial charge is 0.255 e. The van der Waals surface area contributed by atoms with Gasteiger partial charge in [0.05, 0.1) is 5.69 Å². The van der Waals surface area contributed by atoms with E-state index in [-0.39, 0.29) is 6.61 Å². The summed E-state index contributed by atoms with van der Waals surface area (Å²) in [4.78, 5) is 20.1. The van der Waals surface area contributed by atoms with Gasteiger partial charge in [-0.15, -0.1) is 0 Å². The number of carbonyl (C=O) groups excluding carboxylic acids is 1. The number of nitrogens with zero attached hydrogens (tertiary/aromatic N) is 3. The van der Waals surface area contributed by atoms with E-state index in [0.29, 0.717) is 10.8 Å². The van der Waals surface area contributed by atoms with Crippen molar-refractivity contribution in [2.24, 2.45) is 5.73 Å². The molecular weight excluding hydrogens is 352 g/mol. The highest BCUT2D eigenvalue weighted by Gasteiger charge is 2.19. The van der Waals surface area contributed by atoms with Gasteiger partial charge in [-0.1, -0.05) is 17.7 Å². The predicted octanol–water partition coefficient (Wildman–Crippen LogP) is 1.92. The van der Waals surface area contributed by atoms with Gasteiger partial charge in [0.25, 0.3) is 5.91 Å². The third-order valence-electron chi connectivity index (χ3n) is 4.36. The third kappa shape index (κ3) is 5.42. The highest BCUT2D eigenvalue weighted by Crippen LogP contribution is 2.25. The van der Waals surface area contributed by atoms with E-state index >= 15 is 0 Å². The summed E-state index contributed by atoms with van der Waals surface area (Å²) in [6.45, 7) is 5.34. The number of pyridine rings is 1. The molecule has 0 atom stereocenters. The number of amides is 1. The van der Waals surface area contributed by atoms with Gasteiger partial charge in [-0.3, -0.25) is 19.6 Å². The van der Waals surface area contributed by atoms with Crippen LogP contribution >= 0.6 is 11.6 Å². The van der Waals surface area contributed by atoms with Crippen molar-refractivity contribution in [3.63, 3.8) is 0 Å². The molecule has 0 spiro atoms. The molecule has 6 nitrogen and oxygen atoms in total. The lowest BCUT2D eigenvalue weighted by atomic mass is 10.1. The maximum atomic E-state index is 11.0. The first-order chi connectivity index (χ1) is 12.6. The zero-order valence-electron chi connectivity index (χ0n) is 14.6. The van der Waals surface area contributed by atoms with E-state index in [9.17, 15) is 4.79 Å². The molecule has 3 rings (SSSR count). The summed E-state index contributed by atoms with van der Waals surface area (Å²) in [7, 11) is 0. The highest BCUT2D eigenvalue weighted by molar-refractivity contribution is 6.30. The molecule has 0 unspecified atom stereocenters. The van der Waals surface area contributed by atoms with Gasteiger partial charge in [-0.25, -0.2) is 0 Å². The van der Waals surface area contributed by atoms with Crippen LogP contribution in [0.25, 0.3) is 0 Å². The number of hydrogen-bond acceptors (Lipinski definition) is 5. The predicted molar refractivity (Wildman–Crippen MR) is 101 cm³/mol. The van der Waals surface area contributed by atoms with Crippen LogP contribution in [0.2, 0.25) is 5.02 Å². The Labute approximate surface area is 158 Å². The molecular formula is C19H23ClN4O2. The summed E-state index contributed by atoms with van der Waals surface area (Å²) in [5, 5.41) is 0.653. The molecule has 7 heteroatoms. The Morgan fingerprint density at radius 2 is 1.85 bits per heavy atom. The standard InChI is InChI=1S/C19H23ClN4O2/c20-16-4-5-18(26-14-19(21)25)15(11-16)12-23-7-9-24(10-8-23)13-17-3-1-2-6-22-17/h1-6,11H,7-10,12-14H2,(H2,21,25). The minimum absolute atomic E-state index is 0.132. The Morgan fingerprint density at radius 1 is 1.12 bits per heavy atom. The van der Waals surface area contributed by atoms with Crippen LogP contribution in [0.15, 0.2) is 42.6 Å².